The van der Waals surface area contributed by atoms with E-state index in [0.29, 0.717) is 23.6 Å². The van der Waals surface area contributed by atoms with Crippen LogP contribution >= 0.6 is 11.6 Å². The highest BCUT2D eigenvalue weighted by molar-refractivity contribution is 6.31. The number of benzene rings is 2. The lowest BCUT2D eigenvalue weighted by Gasteiger charge is -2.40. The van der Waals surface area contributed by atoms with Crippen LogP contribution in [0.4, 0.5) is 0 Å². The van der Waals surface area contributed by atoms with Crippen LogP contribution in [-0.2, 0) is 11.2 Å². The maximum absolute atomic E-state index is 10.3. The molecular weight excluding hydrogens is 472 g/mol. The molecule has 1 aliphatic heterocycles. The second kappa shape index (κ2) is 14.5. The summed E-state index contributed by atoms with van der Waals surface area (Å²) in [6.45, 7) is 1.48. The molecule has 0 bridgehead atoms. The summed E-state index contributed by atoms with van der Waals surface area (Å²) in [5.41, 5.74) is 2.49. The van der Waals surface area contributed by atoms with Crippen LogP contribution in [0, 0.1) is 0 Å². The van der Waals surface area contributed by atoms with Gasteiger partial charge in [-0.25, -0.2) is 0 Å². The number of aliphatic hydroxyl groups excluding tert-OH is 6. The Labute approximate surface area is 202 Å². The van der Waals surface area contributed by atoms with E-state index in [1.807, 2.05) is 37.3 Å². The first-order valence-corrected chi connectivity index (χ1v) is 10.9. The third kappa shape index (κ3) is 8.14. The summed E-state index contributed by atoms with van der Waals surface area (Å²) in [5, 5.41) is 63.2. The number of rotatable bonds is 7. The summed E-state index contributed by atoms with van der Waals surface area (Å²) >= 11 is 6.35. The van der Waals surface area contributed by atoms with Crippen molar-refractivity contribution in [3.8, 4) is 5.75 Å². The van der Waals surface area contributed by atoms with E-state index in [-0.39, 0.29) is 5.48 Å². The molecule has 192 valence electrons. The molecule has 0 unspecified atom stereocenters. The summed E-state index contributed by atoms with van der Waals surface area (Å²) in [5.74, 6) is 0.799. The minimum Gasteiger partial charge on any atom is -0.494 e. The molecular formula is C23H33ClO10. The lowest BCUT2D eigenvalue weighted by atomic mass is 9.90. The van der Waals surface area contributed by atoms with Crippen molar-refractivity contribution in [2.75, 3.05) is 19.8 Å². The molecule has 11 heteroatoms. The van der Waals surface area contributed by atoms with Gasteiger partial charge in [-0.05, 0) is 48.2 Å². The monoisotopic (exact) mass is 504 g/mol. The average molecular weight is 505 g/mol. The Morgan fingerprint density at radius 3 is 2.12 bits per heavy atom. The fourth-order valence-electron chi connectivity index (χ4n) is 3.37. The predicted octanol–water partition coefficient (Wildman–Crippen LogP) is -0.691. The Morgan fingerprint density at radius 1 is 0.971 bits per heavy atom. The number of aliphatic hydroxyl groups is 7. The summed E-state index contributed by atoms with van der Waals surface area (Å²) in [6, 6.07) is 12.9. The van der Waals surface area contributed by atoms with Gasteiger partial charge in [0.15, 0.2) is 6.29 Å². The molecule has 0 aromatic heterocycles. The van der Waals surface area contributed by atoms with Crippen molar-refractivity contribution in [2.45, 2.75) is 50.2 Å². The zero-order valence-electron chi connectivity index (χ0n) is 18.7. The van der Waals surface area contributed by atoms with Crippen LogP contribution in [0.3, 0.4) is 0 Å². The van der Waals surface area contributed by atoms with Gasteiger partial charge >= 0.3 is 0 Å². The average Bonchev–Trinajstić information content (AvgIpc) is 2.81. The van der Waals surface area contributed by atoms with Crippen molar-refractivity contribution in [3.63, 3.8) is 0 Å². The lowest BCUT2D eigenvalue weighted by Crippen LogP contribution is -2.55. The summed E-state index contributed by atoms with van der Waals surface area (Å²) in [6.07, 6.45) is -6.95. The minimum atomic E-state index is -1.56. The largest absolute Gasteiger partial charge is 0.494 e. The van der Waals surface area contributed by atoms with Crippen LogP contribution in [0.2, 0.25) is 5.02 Å². The van der Waals surface area contributed by atoms with Gasteiger partial charge in [-0.1, -0.05) is 35.9 Å². The van der Waals surface area contributed by atoms with Gasteiger partial charge in [-0.3, -0.25) is 0 Å². The second-order valence-electron chi connectivity index (χ2n) is 7.52. The molecule has 0 amide bonds. The van der Waals surface area contributed by atoms with E-state index < -0.39 is 50.0 Å². The molecule has 1 aliphatic rings. The van der Waals surface area contributed by atoms with E-state index in [1.165, 1.54) is 0 Å². The lowest BCUT2D eigenvalue weighted by molar-refractivity contribution is -0.231. The Kier molecular flexibility index (Phi) is 12.9. The van der Waals surface area contributed by atoms with Crippen LogP contribution < -0.4 is 4.74 Å². The smallest absolute Gasteiger partial charge is 0.175 e. The van der Waals surface area contributed by atoms with Crippen LogP contribution in [0.25, 0.3) is 0 Å². The molecule has 1 saturated heterocycles. The van der Waals surface area contributed by atoms with Crippen LogP contribution in [0.1, 0.15) is 29.7 Å². The van der Waals surface area contributed by atoms with E-state index in [9.17, 15) is 20.4 Å². The van der Waals surface area contributed by atoms with Gasteiger partial charge in [-0.15, -0.1) is 0 Å². The highest BCUT2D eigenvalue weighted by atomic mass is 35.5. The Morgan fingerprint density at radius 2 is 1.59 bits per heavy atom. The van der Waals surface area contributed by atoms with E-state index in [1.54, 1.807) is 12.1 Å². The van der Waals surface area contributed by atoms with Crippen LogP contribution in [0.5, 0.6) is 5.75 Å². The molecule has 0 radical (unpaired) electrons. The van der Waals surface area contributed by atoms with E-state index >= 15 is 0 Å². The molecule has 34 heavy (non-hydrogen) atoms. The van der Waals surface area contributed by atoms with Gasteiger partial charge in [0.2, 0.25) is 0 Å². The van der Waals surface area contributed by atoms with Crippen molar-refractivity contribution < 1.29 is 50.7 Å². The molecule has 10 nitrogen and oxygen atoms in total. The molecule has 1 heterocycles. The Bertz CT molecular complexity index is 846. The van der Waals surface area contributed by atoms with Crippen LogP contribution in [-0.4, -0.2) is 91.7 Å². The Balaban J connectivity index is 0.000000873. The number of hydrogen-bond acceptors (Lipinski definition) is 9. The first-order chi connectivity index (χ1) is 15.7. The van der Waals surface area contributed by atoms with Crippen molar-refractivity contribution in [1.29, 1.82) is 0 Å². The van der Waals surface area contributed by atoms with E-state index in [2.05, 4.69) is 0 Å². The fourth-order valence-corrected chi connectivity index (χ4v) is 3.56. The van der Waals surface area contributed by atoms with Gasteiger partial charge in [0.1, 0.15) is 36.3 Å². The molecule has 1 fully saturated rings. The minimum absolute atomic E-state index is 0. The van der Waals surface area contributed by atoms with E-state index in [0.717, 1.165) is 16.9 Å². The molecule has 9 N–H and O–H groups in total. The summed E-state index contributed by atoms with van der Waals surface area (Å²) in [7, 11) is 0. The first kappa shape index (κ1) is 30.2. The summed E-state index contributed by atoms with van der Waals surface area (Å²) < 4.78 is 11.1. The van der Waals surface area contributed by atoms with Crippen molar-refractivity contribution in [3.05, 3.63) is 64.2 Å². The fraction of sp³-hybridized carbons (Fsp3) is 0.478. The zero-order chi connectivity index (χ0) is 24.5. The quantitative estimate of drug-likeness (QED) is 0.239. The van der Waals surface area contributed by atoms with Crippen molar-refractivity contribution in [1.82, 2.24) is 0 Å². The number of ether oxygens (including phenoxy) is 2. The zero-order valence-corrected chi connectivity index (χ0v) is 19.4. The van der Waals surface area contributed by atoms with Gasteiger partial charge < -0.3 is 50.7 Å². The number of halogens is 1. The predicted molar refractivity (Wildman–Crippen MR) is 124 cm³/mol. The molecule has 0 aliphatic carbocycles. The van der Waals surface area contributed by atoms with Gasteiger partial charge in [0.25, 0.3) is 0 Å². The highest BCUT2D eigenvalue weighted by Gasteiger charge is 2.44. The highest BCUT2D eigenvalue weighted by Crippen LogP contribution is 2.34. The molecule has 3 rings (SSSR count). The SMILES string of the molecule is CCOc1ccc(Cc2cc([C@@H]3O[C@H](CO)[C@@H](O)[C@H](O)[C@H]3O)ccc2Cl)cc1.O.OCC(O)O. The standard InChI is InChI=1S/C21H25ClO6.C2H6O3.H2O/c1-2-27-15-6-3-12(4-7-15)9-14-10-13(5-8-16(14)22)21-20(26)19(25)18(24)17(11-23)28-21;3-1-2(4)5;/h3-8,10,17-21,23-26H,2,9,11H2,1H3;2-5H,1H2;1H2/t17-,18-,19+,20-,21+;;/m1../s1. The molecule has 0 spiro atoms. The third-order valence-electron chi connectivity index (χ3n) is 5.08. The first-order valence-electron chi connectivity index (χ1n) is 10.5. The molecule has 2 aromatic rings. The molecule has 2 aromatic carbocycles. The molecule has 0 saturated carbocycles. The Hall–Kier alpha value is -1.83. The summed E-state index contributed by atoms with van der Waals surface area (Å²) in [4.78, 5) is 0. The molecule has 5 atom stereocenters. The van der Waals surface area contributed by atoms with Crippen molar-refractivity contribution >= 4 is 11.6 Å². The van der Waals surface area contributed by atoms with E-state index in [4.69, 9.17) is 36.4 Å². The van der Waals surface area contributed by atoms with Gasteiger partial charge in [-0.2, -0.15) is 0 Å². The second-order valence-corrected chi connectivity index (χ2v) is 7.92. The normalized spacial score (nSPS) is 24.1. The maximum Gasteiger partial charge on any atom is 0.175 e. The van der Waals surface area contributed by atoms with Gasteiger partial charge in [0.05, 0.1) is 19.8 Å². The van der Waals surface area contributed by atoms with Gasteiger partial charge in [0, 0.05) is 5.02 Å². The van der Waals surface area contributed by atoms with Crippen LogP contribution in [0.15, 0.2) is 42.5 Å². The van der Waals surface area contributed by atoms with Crippen molar-refractivity contribution in [2.24, 2.45) is 0 Å². The number of hydrogen-bond donors (Lipinski definition) is 7. The maximum atomic E-state index is 10.3. The topological polar surface area (TPSA) is 192 Å². The third-order valence-corrected chi connectivity index (χ3v) is 5.45.